The highest BCUT2D eigenvalue weighted by atomic mass is 19.4. The lowest BCUT2D eigenvalue weighted by Crippen LogP contribution is -2.55. The highest BCUT2D eigenvalue weighted by Crippen LogP contribution is 2.32. The smallest absolute Gasteiger partial charge is 0.416 e. The van der Waals surface area contributed by atoms with Crippen molar-refractivity contribution in [1.29, 1.82) is 0 Å². The zero-order chi connectivity index (χ0) is 19.6. The van der Waals surface area contributed by atoms with Crippen molar-refractivity contribution in [3.63, 3.8) is 0 Å². The van der Waals surface area contributed by atoms with Crippen molar-refractivity contribution in [2.75, 3.05) is 25.1 Å². The van der Waals surface area contributed by atoms with Gasteiger partial charge in [-0.2, -0.15) is 13.2 Å². The first-order valence-electron chi connectivity index (χ1n) is 8.65. The van der Waals surface area contributed by atoms with Crippen LogP contribution < -0.4 is 9.64 Å². The molecule has 27 heavy (non-hydrogen) atoms. The van der Waals surface area contributed by atoms with Crippen LogP contribution in [0.5, 0.6) is 5.75 Å². The number of alkyl halides is 3. The van der Waals surface area contributed by atoms with Gasteiger partial charge in [0.25, 0.3) is 0 Å². The molecule has 0 saturated carbocycles. The molecule has 1 saturated heterocycles. The van der Waals surface area contributed by atoms with Crippen molar-refractivity contribution in [2.45, 2.75) is 25.7 Å². The molecule has 2 aromatic rings. The fourth-order valence-corrected chi connectivity index (χ4v) is 3.20. The van der Waals surface area contributed by atoms with Gasteiger partial charge in [-0.1, -0.05) is 18.2 Å². The Labute approximate surface area is 156 Å². The number of benzene rings is 2. The summed E-state index contributed by atoms with van der Waals surface area (Å²) in [6.45, 7) is 3.30. The third-order valence-corrected chi connectivity index (χ3v) is 4.81. The van der Waals surface area contributed by atoms with Crippen LogP contribution in [0, 0.1) is 0 Å². The molecular weight excluding hydrogens is 357 g/mol. The molecule has 0 spiro atoms. The topological polar surface area (TPSA) is 32.8 Å². The summed E-state index contributed by atoms with van der Waals surface area (Å²) in [7, 11) is 1.60. The number of hydrogen-bond donors (Lipinski definition) is 0. The van der Waals surface area contributed by atoms with Crippen LogP contribution in [0.3, 0.4) is 0 Å². The highest BCUT2D eigenvalue weighted by molar-refractivity contribution is 5.97. The van der Waals surface area contributed by atoms with Crippen molar-refractivity contribution >= 4 is 11.6 Å². The number of ether oxygens (including phenoxy) is 1. The van der Waals surface area contributed by atoms with Gasteiger partial charge in [-0.3, -0.25) is 9.69 Å². The maximum absolute atomic E-state index is 12.9. The van der Waals surface area contributed by atoms with E-state index in [4.69, 9.17) is 4.74 Å². The van der Waals surface area contributed by atoms with E-state index in [9.17, 15) is 18.0 Å². The summed E-state index contributed by atoms with van der Waals surface area (Å²) >= 11 is 0. The molecule has 0 aromatic heterocycles. The zero-order valence-corrected chi connectivity index (χ0v) is 15.2. The van der Waals surface area contributed by atoms with Crippen LogP contribution in [-0.2, 0) is 17.5 Å². The van der Waals surface area contributed by atoms with E-state index in [2.05, 4.69) is 0 Å². The third kappa shape index (κ3) is 4.24. The van der Waals surface area contributed by atoms with Crippen LogP contribution in [0.4, 0.5) is 18.9 Å². The van der Waals surface area contributed by atoms with Crippen LogP contribution >= 0.6 is 0 Å². The summed E-state index contributed by atoms with van der Waals surface area (Å²) in [5.74, 6) is 0.561. The van der Waals surface area contributed by atoms with Crippen LogP contribution in [-0.4, -0.2) is 37.0 Å². The van der Waals surface area contributed by atoms with Crippen LogP contribution in [0.15, 0.2) is 48.5 Å². The summed E-state index contributed by atoms with van der Waals surface area (Å²) < 4.78 is 44.0. The van der Waals surface area contributed by atoms with E-state index in [0.29, 0.717) is 19.6 Å². The molecular formula is C20H21F3N2O2. The number of amides is 1. The normalized spacial score (nSPS) is 18.6. The van der Waals surface area contributed by atoms with Gasteiger partial charge < -0.3 is 9.64 Å². The number of nitrogens with zero attached hydrogens (tertiary/aromatic N) is 2. The molecule has 3 rings (SSSR count). The van der Waals surface area contributed by atoms with Gasteiger partial charge in [-0.25, -0.2) is 0 Å². The van der Waals surface area contributed by atoms with E-state index in [1.54, 1.807) is 20.1 Å². The molecule has 1 fully saturated rings. The molecule has 1 unspecified atom stereocenters. The van der Waals surface area contributed by atoms with Gasteiger partial charge in [-0.05, 0) is 42.8 Å². The molecule has 0 radical (unpaired) electrons. The van der Waals surface area contributed by atoms with E-state index in [-0.39, 0.29) is 11.6 Å². The van der Waals surface area contributed by atoms with E-state index in [1.807, 2.05) is 29.2 Å². The van der Waals surface area contributed by atoms with E-state index in [0.717, 1.165) is 23.4 Å². The second kappa shape index (κ2) is 7.60. The average Bonchev–Trinajstić information content (AvgIpc) is 2.65. The highest BCUT2D eigenvalue weighted by Gasteiger charge is 2.34. The minimum Gasteiger partial charge on any atom is -0.497 e. The molecule has 0 bridgehead atoms. The predicted octanol–water partition coefficient (Wildman–Crippen LogP) is 3.95. The van der Waals surface area contributed by atoms with Crippen LogP contribution in [0.1, 0.15) is 18.1 Å². The summed E-state index contributed by atoms with van der Waals surface area (Å²) in [4.78, 5) is 16.2. The second-order valence-electron chi connectivity index (χ2n) is 6.53. The standard InChI is InChI=1S/C20H21F3N2O2/c1-14-19(26)25(17-5-3-4-16(12-17)20(21,22)23)11-10-24(14)13-15-6-8-18(27-2)9-7-15/h3-9,12,14H,10-11,13H2,1-2H3. The number of piperazine rings is 1. The Morgan fingerprint density at radius 1 is 1.11 bits per heavy atom. The number of carbonyl (C=O) groups is 1. The first-order valence-corrected chi connectivity index (χ1v) is 8.65. The first kappa shape index (κ1) is 19.2. The van der Waals surface area contributed by atoms with Gasteiger partial charge >= 0.3 is 6.18 Å². The lowest BCUT2D eigenvalue weighted by molar-refractivity contribution is -0.137. The second-order valence-corrected chi connectivity index (χ2v) is 6.53. The quantitative estimate of drug-likeness (QED) is 0.808. The fourth-order valence-electron chi connectivity index (χ4n) is 3.20. The van der Waals surface area contributed by atoms with E-state index in [1.165, 1.54) is 11.0 Å². The van der Waals surface area contributed by atoms with Crippen molar-refractivity contribution in [3.05, 3.63) is 59.7 Å². The molecule has 0 aliphatic carbocycles. The monoisotopic (exact) mass is 378 g/mol. The molecule has 144 valence electrons. The Hall–Kier alpha value is -2.54. The van der Waals surface area contributed by atoms with Gasteiger partial charge in [0.05, 0.1) is 18.7 Å². The molecule has 4 nitrogen and oxygen atoms in total. The Morgan fingerprint density at radius 3 is 2.44 bits per heavy atom. The lowest BCUT2D eigenvalue weighted by atomic mass is 10.1. The molecule has 1 aliphatic rings. The molecule has 2 aromatic carbocycles. The third-order valence-electron chi connectivity index (χ3n) is 4.81. The van der Waals surface area contributed by atoms with Crippen LogP contribution in [0.25, 0.3) is 0 Å². The molecule has 1 amide bonds. The fraction of sp³-hybridized carbons (Fsp3) is 0.350. The SMILES string of the molecule is COc1ccc(CN2CCN(c3cccc(C(F)(F)F)c3)C(=O)C2C)cc1. The van der Waals surface area contributed by atoms with Crippen molar-refractivity contribution in [2.24, 2.45) is 0 Å². The molecule has 7 heteroatoms. The minimum absolute atomic E-state index is 0.200. The van der Waals surface area contributed by atoms with Gasteiger partial charge in [0.15, 0.2) is 0 Å². The van der Waals surface area contributed by atoms with Gasteiger partial charge in [0, 0.05) is 25.3 Å². The lowest BCUT2D eigenvalue weighted by Gasteiger charge is -2.39. The van der Waals surface area contributed by atoms with Gasteiger partial charge in [-0.15, -0.1) is 0 Å². The van der Waals surface area contributed by atoms with Crippen LogP contribution in [0.2, 0.25) is 0 Å². The largest absolute Gasteiger partial charge is 0.497 e. The Kier molecular flexibility index (Phi) is 5.41. The summed E-state index contributed by atoms with van der Waals surface area (Å²) in [5, 5.41) is 0. The van der Waals surface area contributed by atoms with Gasteiger partial charge in [0.2, 0.25) is 5.91 Å². The maximum Gasteiger partial charge on any atom is 0.416 e. The van der Waals surface area contributed by atoms with Crippen molar-refractivity contribution in [3.8, 4) is 5.75 Å². The van der Waals surface area contributed by atoms with Crippen molar-refractivity contribution in [1.82, 2.24) is 4.90 Å². The number of hydrogen-bond acceptors (Lipinski definition) is 3. The predicted molar refractivity (Wildman–Crippen MR) is 96.7 cm³/mol. The van der Waals surface area contributed by atoms with E-state index < -0.39 is 17.8 Å². The summed E-state index contributed by atoms with van der Waals surface area (Å²) in [6.07, 6.45) is -4.43. The van der Waals surface area contributed by atoms with E-state index >= 15 is 0 Å². The van der Waals surface area contributed by atoms with Gasteiger partial charge in [0.1, 0.15) is 5.75 Å². The number of halogens is 3. The molecule has 1 aliphatic heterocycles. The number of methoxy groups -OCH3 is 1. The zero-order valence-electron chi connectivity index (χ0n) is 15.2. The Morgan fingerprint density at radius 2 is 1.81 bits per heavy atom. The number of carbonyl (C=O) groups excluding carboxylic acids is 1. The van der Waals surface area contributed by atoms with Crippen molar-refractivity contribution < 1.29 is 22.7 Å². The number of anilines is 1. The summed E-state index contributed by atoms with van der Waals surface area (Å²) in [6, 6.07) is 12.1. The Bertz CT molecular complexity index is 806. The minimum atomic E-state index is -4.43. The molecule has 1 atom stereocenters. The first-order chi connectivity index (χ1) is 12.8. The average molecular weight is 378 g/mol. The summed E-state index contributed by atoms with van der Waals surface area (Å²) in [5.41, 5.74) is 0.579. The molecule has 1 heterocycles. The number of rotatable bonds is 4. The maximum atomic E-state index is 12.9. The Balaban J connectivity index is 1.72. The molecule has 0 N–H and O–H groups in total.